The molecule has 1 aliphatic rings. The van der Waals surface area contributed by atoms with Crippen LogP contribution in [0.25, 0.3) is 5.69 Å². The molecule has 7 heteroatoms. The third-order valence-electron chi connectivity index (χ3n) is 5.39. The van der Waals surface area contributed by atoms with Crippen molar-refractivity contribution in [2.24, 2.45) is 0 Å². The predicted octanol–water partition coefficient (Wildman–Crippen LogP) is 3.58. The molecule has 1 saturated carbocycles. The normalized spacial score (nSPS) is 15.2. The molecular weight excluding hydrogens is 406 g/mol. The van der Waals surface area contributed by atoms with Gasteiger partial charge in [-0.2, -0.15) is 0 Å². The van der Waals surface area contributed by atoms with E-state index in [1.807, 2.05) is 31.2 Å². The molecule has 0 bridgehead atoms. The highest BCUT2D eigenvalue weighted by Gasteiger charge is 2.39. The van der Waals surface area contributed by atoms with Crippen molar-refractivity contribution in [1.82, 2.24) is 25.5 Å². The second kappa shape index (κ2) is 7.23. The average molecular weight is 426 g/mol. The zero-order valence-electron chi connectivity index (χ0n) is 15.0. The van der Waals surface area contributed by atoms with E-state index in [1.165, 1.54) is 12.0 Å². The minimum absolute atomic E-state index is 0.0425. The Balaban J connectivity index is 1.48. The van der Waals surface area contributed by atoms with Crippen LogP contribution in [0.1, 0.15) is 40.7 Å². The van der Waals surface area contributed by atoms with E-state index in [9.17, 15) is 4.79 Å². The summed E-state index contributed by atoms with van der Waals surface area (Å²) < 4.78 is 2.67. The number of aromatic nitrogens is 4. The molecule has 1 amide bonds. The van der Waals surface area contributed by atoms with Gasteiger partial charge in [-0.1, -0.05) is 34.5 Å². The molecule has 0 unspecified atom stereocenters. The van der Waals surface area contributed by atoms with E-state index in [0.29, 0.717) is 12.1 Å². The van der Waals surface area contributed by atoms with Gasteiger partial charge in [0.1, 0.15) is 6.33 Å². The van der Waals surface area contributed by atoms with Gasteiger partial charge in [-0.25, -0.2) is 4.68 Å². The molecule has 0 saturated heterocycles. The Labute approximate surface area is 166 Å². The summed E-state index contributed by atoms with van der Waals surface area (Å²) in [5, 5.41) is 14.3. The van der Waals surface area contributed by atoms with Gasteiger partial charge in [-0.05, 0) is 71.7 Å². The maximum atomic E-state index is 12.7. The Bertz CT molecular complexity index is 966. The lowest BCUT2D eigenvalue weighted by Gasteiger charge is -2.42. The van der Waals surface area contributed by atoms with Crippen molar-refractivity contribution in [3.8, 4) is 5.69 Å². The fourth-order valence-corrected chi connectivity index (χ4v) is 4.07. The first-order chi connectivity index (χ1) is 13.1. The van der Waals surface area contributed by atoms with E-state index in [4.69, 9.17) is 0 Å². The Morgan fingerprint density at radius 1 is 1.26 bits per heavy atom. The summed E-state index contributed by atoms with van der Waals surface area (Å²) in [6, 6.07) is 14.0. The summed E-state index contributed by atoms with van der Waals surface area (Å²) in [4.78, 5) is 12.7. The molecule has 1 heterocycles. The Hall–Kier alpha value is -2.54. The summed E-state index contributed by atoms with van der Waals surface area (Å²) in [5.41, 5.74) is 3.78. The number of halogens is 1. The van der Waals surface area contributed by atoms with E-state index >= 15 is 0 Å². The van der Waals surface area contributed by atoms with Crippen LogP contribution in [0.2, 0.25) is 0 Å². The molecule has 0 aliphatic heterocycles. The van der Waals surface area contributed by atoms with E-state index in [-0.39, 0.29) is 11.3 Å². The minimum Gasteiger partial charge on any atom is -0.351 e. The smallest absolute Gasteiger partial charge is 0.251 e. The van der Waals surface area contributed by atoms with Crippen LogP contribution in [0.5, 0.6) is 0 Å². The molecule has 1 aliphatic carbocycles. The van der Waals surface area contributed by atoms with Crippen LogP contribution in [0.3, 0.4) is 0 Å². The van der Waals surface area contributed by atoms with Crippen LogP contribution in [0.4, 0.5) is 0 Å². The lowest BCUT2D eigenvalue weighted by atomic mass is 9.64. The average Bonchev–Trinajstić information content (AvgIpc) is 3.15. The van der Waals surface area contributed by atoms with Crippen LogP contribution >= 0.6 is 15.9 Å². The van der Waals surface area contributed by atoms with Crippen molar-refractivity contribution >= 4 is 21.8 Å². The van der Waals surface area contributed by atoms with Crippen LogP contribution in [0.15, 0.2) is 53.3 Å². The van der Waals surface area contributed by atoms with Gasteiger partial charge in [0.05, 0.1) is 5.69 Å². The molecule has 0 radical (unpaired) electrons. The second-order valence-electron chi connectivity index (χ2n) is 7.08. The highest BCUT2D eigenvalue weighted by molar-refractivity contribution is 9.10. The van der Waals surface area contributed by atoms with E-state index in [2.05, 4.69) is 55.0 Å². The maximum Gasteiger partial charge on any atom is 0.251 e. The number of benzene rings is 2. The summed E-state index contributed by atoms with van der Waals surface area (Å²) in [6.45, 7) is 2.60. The molecule has 6 nitrogen and oxygen atoms in total. The van der Waals surface area contributed by atoms with Gasteiger partial charge in [0, 0.05) is 22.0 Å². The molecule has 138 valence electrons. The van der Waals surface area contributed by atoms with Gasteiger partial charge < -0.3 is 5.32 Å². The van der Waals surface area contributed by atoms with Gasteiger partial charge >= 0.3 is 0 Å². The van der Waals surface area contributed by atoms with Crippen LogP contribution in [-0.2, 0) is 5.41 Å². The van der Waals surface area contributed by atoms with Gasteiger partial charge in [-0.15, -0.1) is 5.10 Å². The largest absolute Gasteiger partial charge is 0.351 e. The molecular formula is C20H20BrN5O. The first-order valence-electron chi connectivity index (χ1n) is 8.96. The van der Waals surface area contributed by atoms with Gasteiger partial charge in [0.2, 0.25) is 0 Å². The molecule has 0 spiro atoms. The van der Waals surface area contributed by atoms with Gasteiger partial charge in [0.25, 0.3) is 5.91 Å². The first kappa shape index (κ1) is 17.9. The van der Waals surface area contributed by atoms with E-state index < -0.39 is 0 Å². The second-order valence-corrected chi connectivity index (χ2v) is 8.00. The predicted molar refractivity (Wildman–Crippen MR) is 106 cm³/mol. The number of amides is 1. The molecule has 2 aromatic carbocycles. The molecule has 1 fully saturated rings. The minimum atomic E-state index is -0.0531. The summed E-state index contributed by atoms with van der Waals surface area (Å²) in [7, 11) is 0. The number of carbonyl (C=O) groups is 1. The standard InChI is InChI=1S/C20H20BrN5O/c1-14-10-15(6-7-18(14)26-13-23-24-25-26)19(27)22-12-20(8-3-9-20)16-4-2-5-17(21)11-16/h2,4-7,10-11,13H,3,8-9,12H2,1H3,(H,22,27). The van der Waals surface area contributed by atoms with E-state index in [0.717, 1.165) is 28.6 Å². The molecule has 27 heavy (non-hydrogen) atoms. The topological polar surface area (TPSA) is 72.7 Å². The fraction of sp³-hybridized carbons (Fsp3) is 0.300. The van der Waals surface area contributed by atoms with Gasteiger partial charge in [0.15, 0.2) is 0 Å². The van der Waals surface area contributed by atoms with Crippen molar-refractivity contribution in [3.05, 3.63) is 70.0 Å². The zero-order chi connectivity index (χ0) is 18.9. The van der Waals surface area contributed by atoms with Crippen molar-refractivity contribution in [3.63, 3.8) is 0 Å². The number of tetrazole rings is 1. The number of rotatable bonds is 5. The lowest BCUT2D eigenvalue weighted by molar-refractivity contribution is 0.0928. The summed E-state index contributed by atoms with van der Waals surface area (Å²) >= 11 is 3.55. The molecule has 3 aromatic rings. The summed E-state index contributed by atoms with van der Waals surface area (Å²) in [6.07, 6.45) is 4.94. The quantitative estimate of drug-likeness (QED) is 0.677. The third kappa shape index (κ3) is 3.51. The number of nitrogens with zero attached hydrogens (tertiary/aromatic N) is 4. The SMILES string of the molecule is Cc1cc(C(=O)NCC2(c3cccc(Br)c3)CCC2)ccc1-n1cnnn1. The Morgan fingerprint density at radius 3 is 2.74 bits per heavy atom. The first-order valence-corrected chi connectivity index (χ1v) is 9.75. The molecule has 4 rings (SSSR count). The Morgan fingerprint density at radius 2 is 2.11 bits per heavy atom. The van der Waals surface area contributed by atoms with Crippen molar-refractivity contribution in [2.75, 3.05) is 6.54 Å². The highest BCUT2D eigenvalue weighted by atomic mass is 79.9. The van der Waals surface area contributed by atoms with Crippen molar-refractivity contribution < 1.29 is 4.79 Å². The molecule has 1 aromatic heterocycles. The monoisotopic (exact) mass is 425 g/mol. The van der Waals surface area contributed by atoms with E-state index in [1.54, 1.807) is 11.0 Å². The maximum absolute atomic E-state index is 12.7. The Kier molecular flexibility index (Phi) is 4.78. The zero-order valence-corrected chi connectivity index (χ0v) is 16.6. The third-order valence-corrected chi connectivity index (χ3v) is 5.88. The number of nitrogens with one attached hydrogen (secondary N) is 1. The van der Waals surface area contributed by atoms with Gasteiger partial charge in [-0.3, -0.25) is 4.79 Å². The van der Waals surface area contributed by atoms with Crippen LogP contribution in [0, 0.1) is 6.92 Å². The number of aryl methyl sites for hydroxylation is 1. The van der Waals surface area contributed by atoms with Crippen molar-refractivity contribution in [2.45, 2.75) is 31.6 Å². The highest BCUT2D eigenvalue weighted by Crippen LogP contribution is 2.43. The summed E-state index contributed by atoms with van der Waals surface area (Å²) in [5.74, 6) is -0.0531. The molecule has 0 atom stereocenters. The number of hydrogen-bond acceptors (Lipinski definition) is 4. The van der Waals surface area contributed by atoms with Crippen LogP contribution < -0.4 is 5.32 Å². The van der Waals surface area contributed by atoms with Crippen LogP contribution in [-0.4, -0.2) is 32.7 Å². The van der Waals surface area contributed by atoms with Crippen molar-refractivity contribution in [1.29, 1.82) is 0 Å². The fourth-order valence-electron chi connectivity index (χ4n) is 3.67. The molecule has 1 N–H and O–H groups in total. The lowest BCUT2D eigenvalue weighted by Crippen LogP contribution is -2.45. The number of hydrogen-bond donors (Lipinski definition) is 1. The number of carbonyl (C=O) groups excluding carboxylic acids is 1.